The van der Waals surface area contributed by atoms with Crippen molar-refractivity contribution < 1.29 is 28.2 Å². The smallest absolute Gasteiger partial charge is 0.373 e. The van der Waals surface area contributed by atoms with E-state index in [4.69, 9.17) is 19.2 Å². The maximum absolute atomic E-state index is 11.9. The van der Waals surface area contributed by atoms with Crippen LogP contribution in [0, 0.1) is 11.3 Å². The van der Waals surface area contributed by atoms with Gasteiger partial charge < -0.3 is 18.6 Å². The number of carbonyl (C=O) groups excluding carboxylic acids is 2. The molecular weight excluding hydrogens is 314 g/mol. The molecule has 0 saturated carbocycles. The lowest BCUT2D eigenvalue weighted by Gasteiger charge is -2.13. The Morgan fingerprint density at radius 3 is 2.54 bits per heavy atom. The molecule has 0 radical (unpaired) electrons. The summed E-state index contributed by atoms with van der Waals surface area (Å²) in [4.78, 5) is 23.2. The zero-order valence-corrected chi connectivity index (χ0v) is 13.1. The Balaban J connectivity index is 1.86. The van der Waals surface area contributed by atoms with Gasteiger partial charge in [-0.2, -0.15) is 5.26 Å². The first kappa shape index (κ1) is 17.1. The number of carbonyl (C=O) groups is 2. The molecule has 2 aromatic rings. The molecule has 0 aliphatic rings. The first-order valence-electron chi connectivity index (χ1n) is 7.04. The van der Waals surface area contributed by atoms with Gasteiger partial charge in [-0.15, -0.1) is 0 Å². The summed E-state index contributed by atoms with van der Waals surface area (Å²) in [5.74, 6) is -0.398. The molecule has 0 unspecified atom stereocenters. The fraction of sp³-hybridized carbons (Fsp3) is 0.235. The van der Waals surface area contributed by atoms with E-state index in [2.05, 4.69) is 4.74 Å². The van der Waals surface area contributed by atoms with Gasteiger partial charge in [-0.05, 0) is 43.3 Å². The predicted octanol–water partition coefficient (Wildman–Crippen LogP) is 2.45. The molecule has 0 spiro atoms. The van der Waals surface area contributed by atoms with E-state index in [1.54, 1.807) is 31.2 Å². The molecule has 124 valence electrons. The van der Waals surface area contributed by atoms with Crippen LogP contribution in [0.3, 0.4) is 0 Å². The molecule has 1 aromatic heterocycles. The molecular formula is C17H15NO6. The van der Waals surface area contributed by atoms with Gasteiger partial charge >= 0.3 is 11.9 Å². The molecule has 0 amide bonds. The summed E-state index contributed by atoms with van der Waals surface area (Å²) in [5, 5.41) is 8.73. The summed E-state index contributed by atoms with van der Waals surface area (Å²) in [6, 6.07) is 11.3. The summed E-state index contributed by atoms with van der Waals surface area (Å²) in [5.41, 5.74) is 0.497. The summed E-state index contributed by atoms with van der Waals surface area (Å²) >= 11 is 0. The molecule has 0 aliphatic heterocycles. The highest BCUT2D eigenvalue weighted by molar-refractivity contribution is 5.86. The van der Waals surface area contributed by atoms with E-state index in [0.717, 1.165) is 0 Å². The van der Waals surface area contributed by atoms with Crippen LogP contribution >= 0.6 is 0 Å². The second kappa shape index (κ2) is 7.83. The van der Waals surface area contributed by atoms with Gasteiger partial charge in [-0.1, -0.05) is 0 Å². The third-order valence-corrected chi connectivity index (χ3v) is 3.03. The molecule has 1 aromatic carbocycles. The number of ether oxygens (including phenoxy) is 3. The van der Waals surface area contributed by atoms with Crippen molar-refractivity contribution in [2.24, 2.45) is 0 Å². The minimum atomic E-state index is -0.840. The number of rotatable bonds is 6. The van der Waals surface area contributed by atoms with E-state index in [0.29, 0.717) is 17.1 Å². The molecule has 2 rings (SSSR count). The Morgan fingerprint density at radius 2 is 1.92 bits per heavy atom. The van der Waals surface area contributed by atoms with Gasteiger partial charge in [-0.25, -0.2) is 9.59 Å². The number of nitriles is 1. The van der Waals surface area contributed by atoms with Crippen molar-refractivity contribution in [1.29, 1.82) is 5.26 Å². The molecule has 0 aliphatic carbocycles. The average molecular weight is 329 g/mol. The van der Waals surface area contributed by atoms with Crippen LogP contribution in [0.5, 0.6) is 5.75 Å². The number of esters is 2. The van der Waals surface area contributed by atoms with Crippen LogP contribution in [-0.4, -0.2) is 25.2 Å². The van der Waals surface area contributed by atoms with Gasteiger partial charge in [0, 0.05) is 0 Å². The van der Waals surface area contributed by atoms with E-state index in [9.17, 15) is 9.59 Å². The van der Waals surface area contributed by atoms with Crippen LogP contribution in [0.15, 0.2) is 40.8 Å². The number of benzene rings is 1. The van der Waals surface area contributed by atoms with Crippen molar-refractivity contribution in [3.05, 3.63) is 53.5 Å². The van der Waals surface area contributed by atoms with Crippen LogP contribution in [0.2, 0.25) is 0 Å². The minimum absolute atomic E-state index is 0.0328. The topological polar surface area (TPSA) is 98.8 Å². The lowest BCUT2D eigenvalue weighted by atomic mass is 10.2. The highest BCUT2D eigenvalue weighted by Gasteiger charge is 2.18. The summed E-state index contributed by atoms with van der Waals surface area (Å²) < 4.78 is 20.2. The fourth-order valence-electron chi connectivity index (χ4n) is 1.79. The lowest BCUT2D eigenvalue weighted by molar-refractivity contribution is -0.153. The molecule has 0 saturated heterocycles. The normalized spacial score (nSPS) is 11.2. The number of hydrogen-bond donors (Lipinski definition) is 0. The molecule has 7 nitrogen and oxygen atoms in total. The first-order valence-corrected chi connectivity index (χ1v) is 7.04. The maximum atomic E-state index is 11.9. The van der Waals surface area contributed by atoms with Crippen molar-refractivity contribution in [2.45, 2.75) is 19.6 Å². The SMILES string of the molecule is COC(=O)c1ccc(COC(=O)[C@@H](C)Oc2ccc(C#N)cc2)o1. The summed E-state index contributed by atoms with van der Waals surface area (Å²) in [7, 11) is 1.24. The standard InChI is InChI=1S/C17H15NO6/c1-11(23-13-5-3-12(9-18)4-6-13)16(19)22-10-14-7-8-15(24-14)17(20)21-2/h3-8,11H,10H2,1-2H3/t11-/m1/s1. The fourth-order valence-corrected chi connectivity index (χ4v) is 1.79. The first-order chi connectivity index (χ1) is 11.5. The van der Waals surface area contributed by atoms with Crippen molar-refractivity contribution in [3.63, 3.8) is 0 Å². The lowest BCUT2D eigenvalue weighted by Crippen LogP contribution is -2.25. The van der Waals surface area contributed by atoms with Crippen LogP contribution in [0.1, 0.15) is 28.8 Å². The van der Waals surface area contributed by atoms with E-state index in [1.807, 2.05) is 6.07 Å². The predicted molar refractivity (Wildman–Crippen MR) is 81.1 cm³/mol. The summed E-state index contributed by atoms with van der Waals surface area (Å²) in [6.07, 6.45) is -0.840. The molecule has 24 heavy (non-hydrogen) atoms. The monoisotopic (exact) mass is 329 g/mol. The largest absolute Gasteiger partial charge is 0.479 e. The Morgan fingerprint density at radius 1 is 1.21 bits per heavy atom. The second-order valence-corrected chi connectivity index (χ2v) is 4.76. The molecule has 7 heteroatoms. The van der Waals surface area contributed by atoms with Gasteiger partial charge in [0.2, 0.25) is 5.76 Å². The van der Waals surface area contributed by atoms with Crippen molar-refractivity contribution in [2.75, 3.05) is 7.11 Å². The minimum Gasteiger partial charge on any atom is -0.479 e. The summed E-state index contributed by atoms with van der Waals surface area (Å²) in [6.45, 7) is 1.42. The Kier molecular flexibility index (Phi) is 5.58. The van der Waals surface area contributed by atoms with E-state index >= 15 is 0 Å². The molecule has 0 bridgehead atoms. The number of nitrogens with zero attached hydrogens (tertiary/aromatic N) is 1. The highest BCUT2D eigenvalue weighted by atomic mass is 16.6. The molecule has 0 N–H and O–H groups in total. The van der Waals surface area contributed by atoms with Gasteiger partial charge in [-0.3, -0.25) is 0 Å². The zero-order valence-electron chi connectivity index (χ0n) is 13.1. The quantitative estimate of drug-likeness (QED) is 0.750. The van der Waals surface area contributed by atoms with Gasteiger partial charge in [0.1, 0.15) is 18.1 Å². The third-order valence-electron chi connectivity index (χ3n) is 3.03. The second-order valence-electron chi connectivity index (χ2n) is 4.76. The zero-order chi connectivity index (χ0) is 17.5. The maximum Gasteiger partial charge on any atom is 0.373 e. The van der Waals surface area contributed by atoms with Gasteiger partial charge in [0.05, 0.1) is 18.7 Å². The van der Waals surface area contributed by atoms with Gasteiger partial charge in [0.25, 0.3) is 0 Å². The Hall–Kier alpha value is -3.27. The van der Waals surface area contributed by atoms with E-state index < -0.39 is 18.0 Å². The van der Waals surface area contributed by atoms with Crippen molar-refractivity contribution in [1.82, 2.24) is 0 Å². The highest BCUT2D eigenvalue weighted by Crippen LogP contribution is 2.15. The van der Waals surface area contributed by atoms with E-state index in [-0.39, 0.29) is 12.4 Å². The Bertz CT molecular complexity index is 756. The van der Waals surface area contributed by atoms with Crippen LogP contribution < -0.4 is 4.74 Å². The Labute approximate surface area is 138 Å². The third kappa shape index (κ3) is 4.36. The van der Waals surface area contributed by atoms with Crippen LogP contribution in [0.4, 0.5) is 0 Å². The molecule has 1 heterocycles. The molecule has 0 fully saturated rings. The number of furan rings is 1. The van der Waals surface area contributed by atoms with Crippen molar-refractivity contribution in [3.8, 4) is 11.8 Å². The number of methoxy groups -OCH3 is 1. The van der Waals surface area contributed by atoms with Crippen LogP contribution in [0.25, 0.3) is 0 Å². The number of hydrogen-bond acceptors (Lipinski definition) is 7. The molecule has 1 atom stereocenters. The van der Waals surface area contributed by atoms with Gasteiger partial charge in [0.15, 0.2) is 6.10 Å². The van der Waals surface area contributed by atoms with Crippen LogP contribution in [-0.2, 0) is 20.9 Å². The average Bonchev–Trinajstić information content (AvgIpc) is 3.08. The van der Waals surface area contributed by atoms with E-state index in [1.165, 1.54) is 19.2 Å². The van der Waals surface area contributed by atoms with Crippen molar-refractivity contribution >= 4 is 11.9 Å².